The van der Waals surface area contributed by atoms with Crippen molar-refractivity contribution in [2.75, 3.05) is 23.3 Å². The average molecular weight is 384 g/mol. The summed E-state index contributed by atoms with van der Waals surface area (Å²) in [6.07, 6.45) is 3.91. The van der Waals surface area contributed by atoms with Gasteiger partial charge in [-0.05, 0) is 49.9 Å². The standard InChI is InChI=1S/C20H21FN4OS/c1-12-4-3-9-25(10-12)18-17-16(13(2)27-20(17)23-11-22-18)19(26)24-15-7-5-14(21)6-8-15/h5-8,11-12H,3-4,9-10H2,1-2H3,(H,24,26)/t12-/m1/s1. The maximum Gasteiger partial charge on any atom is 0.257 e. The number of thiophene rings is 1. The van der Waals surface area contributed by atoms with E-state index in [-0.39, 0.29) is 11.7 Å². The lowest BCUT2D eigenvalue weighted by Gasteiger charge is -2.32. The molecule has 1 aliphatic rings. The van der Waals surface area contributed by atoms with Crippen LogP contribution in [0.2, 0.25) is 0 Å². The molecule has 0 saturated carbocycles. The first-order valence-corrected chi connectivity index (χ1v) is 9.90. The molecule has 1 saturated heterocycles. The molecular formula is C20H21FN4OS. The van der Waals surface area contributed by atoms with Crippen molar-refractivity contribution in [3.63, 3.8) is 0 Å². The van der Waals surface area contributed by atoms with Gasteiger partial charge in [0, 0.05) is 23.7 Å². The fourth-order valence-corrected chi connectivity index (χ4v) is 4.63. The predicted molar refractivity (Wildman–Crippen MR) is 107 cm³/mol. The number of carbonyl (C=O) groups is 1. The highest BCUT2D eigenvalue weighted by Gasteiger charge is 2.25. The number of amides is 1. The van der Waals surface area contributed by atoms with Crippen molar-refractivity contribution >= 4 is 39.0 Å². The number of hydrogen-bond donors (Lipinski definition) is 1. The number of hydrogen-bond acceptors (Lipinski definition) is 5. The molecule has 0 aliphatic carbocycles. The fourth-order valence-electron chi connectivity index (χ4n) is 3.65. The van der Waals surface area contributed by atoms with E-state index in [4.69, 9.17) is 0 Å². The van der Waals surface area contributed by atoms with Crippen molar-refractivity contribution in [2.45, 2.75) is 26.7 Å². The first-order chi connectivity index (χ1) is 13.0. The Morgan fingerprint density at radius 2 is 2.07 bits per heavy atom. The molecule has 2 aromatic heterocycles. The van der Waals surface area contributed by atoms with Gasteiger partial charge in [-0.25, -0.2) is 14.4 Å². The topological polar surface area (TPSA) is 58.1 Å². The second kappa shape index (κ2) is 7.23. The van der Waals surface area contributed by atoms with E-state index in [1.165, 1.54) is 29.9 Å². The summed E-state index contributed by atoms with van der Waals surface area (Å²) in [6, 6.07) is 5.78. The van der Waals surface area contributed by atoms with Crippen molar-refractivity contribution in [1.29, 1.82) is 0 Å². The van der Waals surface area contributed by atoms with Crippen LogP contribution in [0.15, 0.2) is 30.6 Å². The third-order valence-electron chi connectivity index (χ3n) is 4.93. The number of benzene rings is 1. The van der Waals surface area contributed by atoms with Crippen LogP contribution in [0, 0.1) is 18.7 Å². The molecule has 0 spiro atoms. The molecule has 1 aromatic carbocycles. The highest BCUT2D eigenvalue weighted by molar-refractivity contribution is 7.19. The van der Waals surface area contributed by atoms with E-state index in [0.717, 1.165) is 40.4 Å². The predicted octanol–water partition coefficient (Wildman–Crippen LogP) is 4.63. The maximum atomic E-state index is 13.1. The Hall–Kier alpha value is -2.54. The number of piperidine rings is 1. The summed E-state index contributed by atoms with van der Waals surface area (Å²) < 4.78 is 13.1. The highest BCUT2D eigenvalue weighted by Crippen LogP contribution is 2.36. The van der Waals surface area contributed by atoms with Crippen molar-refractivity contribution < 1.29 is 9.18 Å². The third kappa shape index (κ3) is 3.51. The Morgan fingerprint density at radius 3 is 2.81 bits per heavy atom. The number of anilines is 2. The molecule has 0 radical (unpaired) electrons. The Bertz CT molecular complexity index is 986. The number of rotatable bonds is 3. The molecule has 1 fully saturated rings. The second-order valence-electron chi connectivity index (χ2n) is 7.07. The van der Waals surface area contributed by atoms with E-state index >= 15 is 0 Å². The minimum atomic E-state index is -0.333. The molecule has 7 heteroatoms. The fraction of sp³-hybridized carbons (Fsp3) is 0.350. The van der Waals surface area contributed by atoms with Crippen LogP contribution in [-0.4, -0.2) is 29.0 Å². The summed E-state index contributed by atoms with van der Waals surface area (Å²) in [5.41, 5.74) is 1.17. The number of halogens is 1. The average Bonchev–Trinajstić information content (AvgIpc) is 2.99. The molecule has 3 heterocycles. The summed E-state index contributed by atoms with van der Waals surface area (Å²) in [4.78, 5) is 25.9. The van der Waals surface area contributed by atoms with Gasteiger partial charge in [0.15, 0.2) is 0 Å². The van der Waals surface area contributed by atoms with E-state index in [0.29, 0.717) is 17.2 Å². The third-order valence-corrected chi connectivity index (χ3v) is 5.94. The van der Waals surface area contributed by atoms with E-state index in [1.807, 2.05) is 6.92 Å². The number of nitrogens with one attached hydrogen (secondary N) is 1. The number of aryl methyl sites for hydroxylation is 1. The molecule has 1 atom stereocenters. The van der Waals surface area contributed by atoms with Gasteiger partial charge in [-0.15, -0.1) is 11.3 Å². The summed E-state index contributed by atoms with van der Waals surface area (Å²) in [5, 5.41) is 3.68. The zero-order chi connectivity index (χ0) is 19.0. The number of nitrogens with zero attached hydrogens (tertiary/aromatic N) is 3. The monoisotopic (exact) mass is 384 g/mol. The lowest BCUT2D eigenvalue weighted by molar-refractivity contribution is 0.102. The van der Waals surface area contributed by atoms with Gasteiger partial charge in [-0.3, -0.25) is 4.79 Å². The van der Waals surface area contributed by atoms with Gasteiger partial charge in [0.2, 0.25) is 0 Å². The van der Waals surface area contributed by atoms with Gasteiger partial charge in [0.25, 0.3) is 5.91 Å². The Kier molecular flexibility index (Phi) is 4.78. The summed E-state index contributed by atoms with van der Waals surface area (Å²) in [5.74, 6) is 0.881. The number of aromatic nitrogens is 2. The van der Waals surface area contributed by atoms with Crippen LogP contribution in [0.3, 0.4) is 0 Å². The summed E-state index contributed by atoms with van der Waals surface area (Å²) in [6.45, 7) is 6.03. The molecule has 5 nitrogen and oxygen atoms in total. The van der Waals surface area contributed by atoms with Gasteiger partial charge < -0.3 is 10.2 Å². The van der Waals surface area contributed by atoms with Crippen molar-refractivity contribution in [3.8, 4) is 0 Å². The number of carbonyl (C=O) groups excluding carboxylic acids is 1. The van der Waals surface area contributed by atoms with Crippen LogP contribution >= 0.6 is 11.3 Å². The molecule has 1 aliphatic heterocycles. The van der Waals surface area contributed by atoms with Gasteiger partial charge in [-0.1, -0.05) is 6.92 Å². The van der Waals surface area contributed by atoms with Crippen LogP contribution in [0.5, 0.6) is 0 Å². The minimum Gasteiger partial charge on any atom is -0.356 e. The number of fused-ring (bicyclic) bond motifs is 1. The first-order valence-electron chi connectivity index (χ1n) is 9.09. The van der Waals surface area contributed by atoms with Crippen LogP contribution < -0.4 is 10.2 Å². The highest BCUT2D eigenvalue weighted by atomic mass is 32.1. The van der Waals surface area contributed by atoms with E-state index < -0.39 is 0 Å². The molecule has 4 rings (SSSR count). The van der Waals surface area contributed by atoms with Gasteiger partial charge in [-0.2, -0.15) is 0 Å². The Morgan fingerprint density at radius 1 is 1.30 bits per heavy atom. The zero-order valence-corrected chi connectivity index (χ0v) is 16.1. The molecule has 0 unspecified atom stereocenters. The van der Waals surface area contributed by atoms with Gasteiger partial charge in [0.05, 0.1) is 10.9 Å². The van der Waals surface area contributed by atoms with E-state index in [1.54, 1.807) is 18.5 Å². The summed E-state index contributed by atoms with van der Waals surface area (Å²) in [7, 11) is 0. The summed E-state index contributed by atoms with van der Waals surface area (Å²) >= 11 is 1.50. The first kappa shape index (κ1) is 17.9. The van der Waals surface area contributed by atoms with Crippen LogP contribution in [-0.2, 0) is 0 Å². The van der Waals surface area contributed by atoms with Crippen molar-refractivity contribution in [1.82, 2.24) is 9.97 Å². The zero-order valence-electron chi connectivity index (χ0n) is 15.3. The molecule has 27 heavy (non-hydrogen) atoms. The van der Waals surface area contributed by atoms with Gasteiger partial charge in [0.1, 0.15) is 22.8 Å². The Labute approximate surface area is 161 Å². The molecule has 140 valence electrons. The van der Waals surface area contributed by atoms with Crippen LogP contribution in [0.25, 0.3) is 10.2 Å². The molecule has 1 amide bonds. The molecular weight excluding hydrogens is 363 g/mol. The van der Waals surface area contributed by atoms with E-state index in [2.05, 4.69) is 27.1 Å². The van der Waals surface area contributed by atoms with Gasteiger partial charge >= 0.3 is 0 Å². The van der Waals surface area contributed by atoms with Crippen LogP contribution in [0.1, 0.15) is 35.0 Å². The van der Waals surface area contributed by atoms with E-state index in [9.17, 15) is 9.18 Å². The van der Waals surface area contributed by atoms with Crippen molar-refractivity contribution in [2.24, 2.45) is 5.92 Å². The lowest BCUT2D eigenvalue weighted by atomic mass is 10.00. The smallest absolute Gasteiger partial charge is 0.257 e. The molecule has 1 N–H and O–H groups in total. The van der Waals surface area contributed by atoms with Crippen molar-refractivity contribution in [3.05, 3.63) is 46.9 Å². The van der Waals surface area contributed by atoms with Crippen LogP contribution in [0.4, 0.5) is 15.9 Å². The second-order valence-corrected chi connectivity index (χ2v) is 8.27. The maximum absolute atomic E-state index is 13.1. The normalized spacial score (nSPS) is 17.3. The molecule has 3 aromatic rings. The largest absolute Gasteiger partial charge is 0.356 e. The SMILES string of the molecule is Cc1sc2ncnc(N3CCC[C@@H](C)C3)c2c1C(=O)Nc1ccc(F)cc1. The lowest BCUT2D eigenvalue weighted by Crippen LogP contribution is -2.35. The minimum absolute atomic E-state index is 0.216. The Balaban J connectivity index is 1.74. The quantitative estimate of drug-likeness (QED) is 0.715. The molecule has 0 bridgehead atoms.